The van der Waals surface area contributed by atoms with Crippen LogP contribution in [0.3, 0.4) is 0 Å². The molecule has 1 unspecified atom stereocenters. The van der Waals surface area contributed by atoms with Gasteiger partial charge in [0.1, 0.15) is 0 Å². The van der Waals surface area contributed by atoms with Gasteiger partial charge in [-0.05, 0) is 49.6 Å². The number of nitrogens with zero attached hydrogens (tertiary/aromatic N) is 3. The second-order valence-corrected chi connectivity index (χ2v) is 9.94. The summed E-state index contributed by atoms with van der Waals surface area (Å²) in [5, 5.41) is 18.6. The van der Waals surface area contributed by atoms with E-state index in [1.54, 1.807) is 24.4 Å². The van der Waals surface area contributed by atoms with Gasteiger partial charge in [0.15, 0.2) is 17.2 Å². The fourth-order valence-corrected chi connectivity index (χ4v) is 4.69. The van der Waals surface area contributed by atoms with Gasteiger partial charge in [-0.25, -0.2) is 13.9 Å². The number of carbonyl (C=O) groups is 1. The molecule has 0 radical (unpaired) electrons. The summed E-state index contributed by atoms with van der Waals surface area (Å²) in [7, 11) is 1.31. The van der Waals surface area contributed by atoms with Crippen molar-refractivity contribution in [1.82, 2.24) is 19.9 Å². The monoisotopic (exact) mass is 568 g/mol. The zero-order valence-electron chi connectivity index (χ0n) is 22.3. The van der Waals surface area contributed by atoms with E-state index in [4.69, 9.17) is 15.2 Å². The molecule has 1 fully saturated rings. The van der Waals surface area contributed by atoms with Crippen molar-refractivity contribution in [3.05, 3.63) is 76.9 Å². The average molecular weight is 569 g/mol. The first-order valence-electron chi connectivity index (χ1n) is 13.0. The molecule has 0 bridgehead atoms. The molecule has 0 spiro atoms. The number of alkyl halides is 3. The zero-order valence-corrected chi connectivity index (χ0v) is 22.3. The maximum Gasteiger partial charge on any atom is 0.390 e. The van der Waals surface area contributed by atoms with E-state index in [0.29, 0.717) is 22.4 Å². The Balaban J connectivity index is 1.60. The van der Waals surface area contributed by atoms with E-state index in [2.05, 4.69) is 15.6 Å². The van der Waals surface area contributed by atoms with Crippen molar-refractivity contribution in [2.24, 2.45) is 0 Å². The van der Waals surface area contributed by atoms with E-state index in [0.717, 1.165) is 24.6 Å². The molecule has 12 heteroatoms. The lowest BCUT2D eigenvalue weighted by Crippen LogP contribution is -2.26. The van der Waals surface area contributed by atoms with Crippen LogP contribution in [0, 0.1) is 18.2 Å². The number of hydrogen-bond acceptors (Lipinski definition) is 6. The van der Waals surface area contributed by atoms with Crippen LogP contribution in [-0.4, -0.2) is 52.6 Å². The Labute approximate surface area is 233 Å². The summed E-state index contributed by atoms with van der Waals surface area (Å²) in [5.74, 6) is -1.70. The highest BCUT2D eigenvalue weighted by molar-refractivity contribution is 5.96. The number of rotatable bonds is 10. The molecular formula is C29H28F4N6O2. The molecular weight excluding hydrogens is 540 g/mol. The molecule has 214 valence electrons. The Bertz CT molecular complexity index is 1610. The first-order chi connectivity index (χ1) is 19.6. The Hall–Kier alpha value is -4.48. The van der Waals surface area contributed by atoms with Crippen LogP contribution in [0.15, 0.2) is 48.7 Å². The lowest BCUT2D eigenvalue weighted by Gasteiger charge is -2.18. The predicted molar refractivity (Wildman–Crippen MR) is 146 cm³/mol. The summed E-state index contributed by atoms with van der Waals surface area (Å²) in [6.07, 6.45) is -0.885. The first-order valence-corrected chi connectivity index (χ1v) is 13.0. The fraction of sp³-hybridized carbons (Fsp3) is 0.310. The van der Waals surface area contributed by atoms with Crippen molar-refractivity contribution in [2.45, 2.75) is 44.3 Å². The van der Waals surface area contributed by atoms with Crippen molar-refractivity contribution in [3.63, 3.8) is 0 Å². The summed E-state index contributed by atoms with van der Waals surface area (Å²) >= 11 is 0. The maximum absolute atomic E-state index is 14.5. The number of ether oxygens (including phenoxy) is 1. The second kappa shape index (κ2) is 11.2. The van der Waals surface area contributed by atoms with Gasteiger partial charge in [-0.3, -0.25) is 4.79 Å². The number of halogens is 4. The minimum absolute atomic E-state index is 0.0592. The van der Waals surface area contributed by atoms with Gasteiger partial charge in [0.25, 0.3) is 5.91 Å². The molecule has 41 heavy (non-hydrogen) atoms. The number of carbonyl (C=O) groups excluding carboxylic acids is 1. The number of anilines is 1. The normalized spacial score (nSPS) is 14.1. The molecule has 5 rings (SSSR count). The molecule has 1 atom stereocenters. The van der Waals surface area contributed by atoms with Crippen LogP contribution in [0.25, 0.3) is 16.9 Å². The van der Waals surface area contributed by atoms with Crippen molar-refractivity contribution in [1.29, 1.82) is 5.41 Å². The molecule has 3 N–H and O–H groups in total. The van der Waals surface area contributed by atoms with Crippen LogP contribution in [0.4, 0.5) is 23.2 Å². The van der Waals surface area contributed by atoms with E-state index in [1.807, 2.05) is 13.0 Å². The minimum Gasteiger partial charge on any atom is -0.493 e. The van der Waals surface area contributed by atoms with Crippen molar-refractivity contribution < 1.29 is 27.1 Å². The van der Waals surface area contributed by atoms with Gasteiger partial charge in [-0.2, -0.15) is 18.3 Å². The Morgan fingerprint density at radius 3 is 2.68 bits per heavy atom. The molecule has 2 aromatic carbocycles. The first kappa shape index (κ1) is 28.1. The van der Waals surface area contributed by atoms with Crippen LogP contribution < -0.4 is 15.4 Å². The van der Waals surface area contributed by atoms with E-state index < -0.39 is 30.9 Å². The van der Waals surface area contributed by atoms with Crippen LogP contribution in [0.5, 0.6) is 5.75 Å². The van der Waals surface area contributed by atoms with E-state index in [9.17, 15) is 22.4 Å². The number of para-hydroxylation sites is 1. The number of fused-ring (bicyclic) bond motifs is 1. The van der Waals surface area contributed by atoms with Crippen molar-refractivity contribution in [2.75, 3.05) is 19.0 Å². The van der Waals surface area contributed by atoms with Crippen molar-refractivity contribution in [3.8, 4) is 17.0 Å². The molecule has 2 heterocycles. The van der Waals surface area contributed by atoms with E-state index in [-0.39, 0.29) is 34.7 Å². The van der Waals surface area contributed by atoms with Gasteiger partial charge in [0.05, 0.1) is 42.7 Å². The number of aryl methyl sites for hydroxylation is 1. The molecule has 1 aliphatic rings. The van der Waals surface area contributed by atoms with Gasteiger partial charge < -0.3 is 20.8 Å². The molecule has 0 saturated heterocycles. The highest BCUT2D eigenvalue weighted by Crippen LogP contribution is 2.35. The van der Waals surface area contributed by atoms with Crippen LogP contribution in [-0.2, 0) is 0 Å². The van der Waals surface area contributed by atoms with Gasteiger partial charge in [0.2, 0.25) is 0 Å². The number of imidazole rings is 1. The van der Waals surface area contributed by atoms with Gasteiger partial charge in [-0.1, -0.05) is 18.2 Å². The van der Waals surface area contributed by atoms with E-state index in [1.165, 1.54) is 29.8 Å². The summed E-state index contributed by atoms with van der Waals surface area (Å²) in [4.78, 5) is 17.0. The van der Waals surface area contributed by atoms with Gasteiger partial charge in [0, 0.05) is 35.5 Å². The third kappa shape index (κ3) is 6.01. The molecule has 8 nitrogen and oxygen atoms in total. The lowest BCUT2D eigenvalue weighted by molar-refractivity contribution is -0.131. The number of hydrogen-bond donors (Lipinski definition) is 3. The largest absolute Gasteiger partial charge is 0.493 e. The second-order valence-electron chi connectivity index (χ2n) is 9.94. The third-order valence-corrected chi connectivity index (χ3v) is 6.91. The number of benzene rings is 2. The number of aromatic nitrogens is 3. The van der Waals surface area contributed by atoms with Crippen LogP contribution in [0.1, 0.15) is 52.4 Å². The fourth-order valence-electron chi connectivity index (χ4n) is 4.69. The summed E-state index contributed by atoms with van der Waals surface area (Å²) in [6, 6.07) is 11.3. The zero-order chi connectivity index (χ0) is 29.3. The SMILES string of the molecule is COc1c(F)cccc1C(C=N)c1cc(NCCC(F)(F)F)c2ncc(-c3ccc(C(=O)NC4CC4)c(C)c3)n2n1. The van der Waals surface area contributed by atoms with Gasteiger partial charge in [-0.15, -0.1) is 0 Å². The summed E-state index contributed by atoms with van der Waals surface area (Å²) < 4.78 is 60.0. The quantitative estimate of drug-likeness (QED) is 0.164. The number of nitrogens with one attached hydrogen (secondary N) is 3. The highest BCUT2D eigenvalue weighted by atomic mass is 19.4. The number of amides is 1. The Kier molecular flexibility index (Phi) is 7.65. The molecule has 1 saturated carbocycles. The van der Waals surface area contributed by atoms with Crippen LogP contribution >= 0.6 is 0 Å². The summed E-state index contributed by atoms with van der Waals surface area (Å²) in [5.41, 5.74) is 3.61. The topological polar surface area (TPSA) is 104 Å². The smallest absolute Gasteiger partial charge is 0.390 e. The number of methoxy groups -OCH3 is 1. The maximum atomic E-state index is 14.5. The lowest BCUT2D eigenvalue weighted by atomic mass is 9.95. The minimum atomic E-state index is -4.36. The molecule has 1 amide bonds. The average Bonchev–Trinajstić information content (AvgIpc) is 3.63. The predicted octanol–water partition coefficient (Wildman–Crippen LogP) is 5.89. The van der Waals surface area contributed by atoms with Crippen LogP contribution in [0.2, 0.25) is 0 Å². The van der Waals surface area contributed by atoms with E-state index >= 15 is 0 Å². The Morgan fingerprint density at radius 1 is 1.24 bits per heavy atom. The highest BCUT2D eigenvalue weighted by Gasteiger charge is 2.28. The molecule has 4 aromatic rings. The molecule has 1 aliphatic carbocycles. The summed E-state index contributed by atoms with van der Waals surface area (Å²) in [6.45, 7) is 1.41. The molecule has 0 aliphatic heterocycles. The standard InChI is InChI=1S/C29H28F4N6O2/c1-16-12-17(6-9-19(16)28(40)37-18-7-8-18)25-15-36-27-24(35-11-10-29(31,32)33)13-23(38-39(25)27)21(14-34)20-4-3-5-22(30)26(20)41-2/h3-6,9,12-15,18,21,34-35H,7-8,10-11H2,1-2H3,(H,37,40). The Morgan fingerprint density at radius 2 is 2.02 bits per heavy atom. The van der Waals surface area contributed by atoms with Gasteiger partial charge >= 0.3 is 6.18 Å². The molecule has 2 aromatic heterocycles. The van der Waals surface area contributed by atoms with Crippen molar-refractivity contribution >= 4 is 23.5 Å². The third-order valence-electron chi connectivity index (χ3n) is 6.91.